The fourth-order valence-electron chi connectivity index (χ4n) is 3.84. The van der Waals surface area contributed by atoms with Crippen molar-refractivity contribution < 1.29 is 9.90 Å². The molecular weight excluding hydrogens is 250 g/mol. The van der Waals surface area contributed by atoms with Crippen molar-refractivity contribution in [2.45, 2.75) is 39.5 Å². The minimum absolute atomic E-state index is 0.190. The predicted octanol–water partition coefficient (Wildman–Crippen LogP) is 3.09. The second-order valence-electron chi connectivity index (χ2n) is 6.81. The number of nitrogens with two attached hydrogens (primary N) is 1. The first-order valence-corrected chi connectivity index (χ1v) is 7.37. The van der Waals surface area contributed by atoms with E-state index in [1.807, 2.05) is 6.07 Å². The number of benzene rings is 1. The maximum Gasteiger partial charge on any atom is 0.303 e. The molecule has 3 N–H and O–H groups in total. The van der Waals surface area contributed by atoms with Gasteiger partial charge in [0.05, 0.1) is 6.42 Å². The van der Waals surface area contributed by atoms with E-state index in [9.17, 15) is 4.79 Å². The maximum absolute atomic E-state index is 11.1. The van der Waals surface area contributed by atoms with E-state index in [0.29, 0.717) is 12.5 Å². The second-order valence-corrected chi connectivity index (χ2v) is 6.81. The van der Waals surface area contributed by atoms with Crippen molar-refractivity contribution >= 4 is 5.97 Å². The first-order valence-electron chi connectivity index (χ1n) is 7.37. The number of carbonyl (C=O) groups is 1. The number of aliphatic carboxylic acids is 1. The van der Waals surface area contributed by atoms with E-state index >= 15 is 0 Å². The average Bonchev–Trinajstić information content (AvgIpc) is 2.36. The molecule has 0 spiro atoms. The molecule has 1 aromatic carbocycles. The van der Waals surface area contributed by atoms with Crippen LogP contribution in [-0.4, -0.2) is 17.6 Å². The summed E-state index contributed by atoms with van der Waals surface area (Å²) in [7, 11) is 0. The van der Waals surface area contributed by atoms with Crippen molar-refractivity contribution in [3.63, 3.8) is 0 Å². The van der Waals surface area contributed by atoms with Gasteiger partial charge >= 0.3 is 5.97 Å². The van der Waals surface area contributed by atoms with Crippen LogP contribution < -0.4 is 5.73 Å². The van der Waals surface area contributed by atoms with Gasteiger partial charge in [0.15, 0.2) is 0 Å². The lowest BCUT2D eigenvalue weighted by Crippen LogP contribution is -2.55. The zero-order valence-corrected chi connectivity index (χ0v) is 12.4. The van der Waals surface area contributed by atoms with Gasteiger partial charge in [-0.2, -0.15) is 0 Å². The third kappa shape index (κ3) is 2.88. The van der Waals surface area contributed by atoms with E-state index in [4.69, 9.17) is 10.8 Å². The number of rotatable bonds is 6. The van der Waals surface area contributed by atoms with Gasteiger partial charge < -0.3 is 10.8 Å². The van der Waals surface area contributed by atoms with Crippen LogP contribution in [0.1, 0.15) is 38.7 Å². The highest BCUT2D eigenvalue weighted by atomic mass is 16.4. The largest absolute Gasteiger partial charge is 0.481 e. The fourth-order valence-corrected chi connectivity index (χ4v) is 3.84. The molecule has 1 fully saturated rings. The Kier molecular flexibility index (Phi) is 4.19. The number of carboxylic acid groups (broad SMARTS) is 1. The van der Waals surface area contributed by atoms with E-state index in [2.05, 4.69) is 38.1 Å². The molecule has 0 aromatic heterocycles. The van der Waals surface area contributed by atoms with Gasteiger partial charge in [-0.3, -0.25) is 4.79 Å². The molecule has 0 aliphatic heterocycles. The normalized spacial score (nSPS) is 29.2. The predicted molar refractivity (Wildman–Crippen MR) is 80.4 cm³/mol. The van der Waals surface area contributed by atoms with Crippen molar-refractivity contribution in [3.05, 3.63) is 35.9 Å². The molecule has 0 bridgehead atoms. The van der Waals surface area contributed by atoms with Crippen molar-refractivity contribution in [1.29, 1.82) is 0 Å². The van der Waals surface area contributed by atoms with Crippen LogP contribution in [0, 0.1) is 16.7 Å². The summed E-state index contributed by atoms with van der Waals surface area (Å²) in [5.74, 6) is -0.191. The Bertz CT molecular complexity index is 461. The molecule has 110 valence electrons. The van der Waals surface area contributed by atoms with Crippen molar-refractivity contribution in [1.82, 2.24) is 0 Å². The minimum atomic E-state index is -0.729. The van der Waals surface area contributed by atoms with Crippen molar-refractivity contribution in [3.8, 4) is 0 Å². The number of carboxylic acids is 1. The first kappa shape index (κ1) is 15.0. The van der Waals surface area contributed by atoms with E-state index in [0.717, 1.165) is 19.3 Å². The molecule has 20 heavy (non-hydrogen) atoms. The lowest BCUT2D eigenvalue weighted by atomic mass is 9.46. The molecule has 0 heterocycles. The summed E-state index contributed by atoms with van der Waals surface area (Å²) in [5, 5.41) is 9.09. The molecule has 1 aliphatic carbocycles. The molecule has 0 atom stereocenters. The maximum atomic E-state index is 11.1. The average molecular weight is 275 g/mol. The van der Waals surface area contributed by atoms with Crippen LogP contribution >= 0.6 is 0 Å². The zero-order valence-electron chi connectivity index (χ0n) is 12.4. The molecule has 2 rings (SSSR count). The summed E-state index contributed by atoms with van der Waals surface area (Å²) < 4.78 is 0. The van der Waals surface area contributed by atoms with Crippen LogP contribution in [-0.2, 0) is 11.2 Å². The smallest absolute Gasteiger partial charge is 0.303 e. The minimum Gasteiger partial charge on any atom is -0.481 e. The summed E-state index contributed by atoms with van der Waals surface area (Å²) in [6.45, 7) is 4.96. The van der Waals surface area contributed by atoms with Crippen LogP contribution in [0.2, 0.25) is 0 Å². The lowest BCUT2D eigenvalue weighted by molar-refractivity contribution is -0.147. The Morgan fingerprint density at radius 2 is 1.90 bits per heavy atom. The zero-order chi connectivity index (χ0) is 14.8. The van der Waals surface area contributed by atoms with Gasteiger partial charge in [0, 0.05) is 0 Å². The third-order valence-electron chi connectivity index (χ3n) is 5.04. The molecule has 0 unspecified atom stereocenters. The van der Waals surface area contributed by atoms with Crippen molar-refractivity contribution in [2.24, 2.45) is 22.5 Å². The molecular formula is C17H25NO2. The van der Waals surface area contributed by atoms with E-state index in [1.165, 1.54) is 5.56 Å². The monoisotopic (exact) mass is 275 g/mol. The Labute approximate surface area is 121 Å². The van der Waals surface area contributed by atoms with E-state index in [-0.39, 0.29) is 17.3 Å². The SMILES string of the molecule is CC(C)C1(Cc2ccccc2)CC(CN)(CC(=O)O)C1. The van der Waals surface area contributed by atoms with Gasteiger partial charge in [0.1, 0.15) is 0 Å². The third-order valence-corrected chi connectivity index (χ3v) is 5.04. The van der Waals surface area contributed by atoms with E-state index in [1.54, 1.807) is 0 Å². The summed E-state index contributed by atoms with van der Waals surface area (Å²) in [4.78, 5) is 11.1. The van der Waals surface area contributed by atoms with Gasteiger partial charge in [0.2, 0.25) is 0 Å². The highest BCUT2D eigenvalue weighted by Gasteiger charge is 2.55. The summed E-state index contributed by atoms with van der Waals surface area (Å²) in [6.07, 6.45) is 3.07. The Morgan fingerprint density at radius 3 is 2.35 bits per heavy atom. The highest BCUT2D eigenvalue weighted by Crippen LogP contribution is 2.60. The van der Waals surface area contributed by atoms with Gasteiger partial charge in [-0.25, -0.2) is 0 Å². The molecule has 3 nitrogen and oxygen atoms in total. The van der Waals surface area contributed by atoms with Crippen LogP contribution in [0.25, 0.3) is 0 Å². The standard InChI is InChI=1S/C17H25NO2/c1-13(2)17(8-14-6-4-3-5-7-14)10-16(11-17,12-18)9-15(19)20/h3-7,13H,8-12,18H2,1-2H3,(H,19,20). The van der Waals surface area contributed by atoms with Gasteiger partial charge in [-0.1, -0.05) is 44.2 Å². The summed E-state index contributed by atoms with van der Waals surface area (Å²) in [6, 6.07) is 10.5. The van der Waals surface area contributed by atoms with Crippen LogP contribution in [0.5, 0.6) is 0 Å². The molecule has 0 saturated heterocycles. The number of hydrogen-bond donors (Lipinski definition) is 2. The molecule has 1 aromatic rings. The number of hydrogen-bond acceptors (Lipinski definition) is 2. The molecule has 1 aliphatic rings. The molecule has 0 amide bonds. The fraction of sp³-hybridized carbons (Fsp3) is 0.588. The summed E-state index contributed by atoms with van der Waals surface area (Å²) in [5.41, 5.74) is 7.22. The van der Waals surface area contributed by atoms with Gasteiger partial charge in [-0.15, -0.1) is 0 Å². The van der Waals surface area contributed by atoms with E-state index < -0.39 is 5.97 Å². The first-order chi connectivity index (χ1) is 9.41. The quantitative estimate of drug-likeness (QED) is 0.838. The molecule has 3 heteroatoms. The van der Waals surface area contributed by atoms with Crippen LogP contribution in [0.3, 0.4) is 0 Å². The Morgan fingerprint density at radius 1 is 1.30 bits per heavy atom. The summed E-state index contributed by atoms with van der Waals surface area (Å²) >= 11 is 0. The van der Waals surface area contributed by atoms with Crippen LogP contribution in [0.15, 0.2) is 30.3 Å². The molecule has 1 saturated carbocycles. The lowest BCUT2D eigenvalue weighted by Gasteiger charge is -2.58. The highest BCUT2D eigenvalue weighted by molar-refractivity contribution is 5.68. The Balaban J connectivity index is 2.13. The molecule has 0 radical (unpaired) electrons. The van der Waals surface area contributed by atoms with Gasteiger partial charge in [-0.05, 0) is 48.1 Å². The van der Waals surface area contributed by atoms with Crippen LogP contribution in [0.4, 0.5) is 0 Å². The topological polar surface area (TPSA) is 63.3 Å². The Hall–Kier alpha value is -1.35. The van der Waals surface area contributed by atoms with Crippen molar-refractivity contribution in [2.75, 3.05) is 6.54 Å². The van der Waals surface area contributed by atoms with Gasteiger partial charge in [0.25, 0.3) is 0 Å². The second kappa shape index (κ2) is 5.57.